The Morgan fingerprint density at radius 1 is 1.33 bits per heavy atom. The van der Waals surface area contributed by atoms with Crippen molar-refractivity contribution in [2.45, 2.75) is 50.2 Å². The number of thiophene rings is 1. The molecule has 2 saturated heterocycles. The normalized spacial score (nSPS) is 24.0. The number of hydrogen-bond acceptors (Lipinski definition) is 6. The molecule has 0 unspecified atom stereocenters. The van der Waals surface area contributed by atoms with Gasteiger partial charge in [0.05, 0.1) is 18.8 Å². The molecule has 1 aromatic heterocycles. The zero-order valence-corrected chi connectivity index (χ0v) is 17.7. The topological polar surface area (TPSA) is 79.3 Å². The summed E-state index contributed by atoms with van der Waals surface area (Å²) >= 11 is 1.83. The average molecular weight is 452 g/mol. The quantitative estimate of drug-likeness (QED) is 0.715. The van der Waals surface area contributed by atoms with Gasteiger partial charge in [0.2, 0.25) is 5.91 Å². The van der Waals surface area contributed by atoms with Crippen molar-refractivity contribution in [1.29, 1.82) is 0 Å². The third-order valence-electron chi connectivity index (χ3n) is 4.96. The summed E-state index contributed by atoms with van der Waals surface area (Å²) in [6.07, 6.45) is -1.36. The molecule has 0 bridgehead atoms. The van der Waals surface area contributed by atoms with Gasteiger partial charge in [0, 0.05) is 38.1 Å². The van der Waals surface area contributed by atoms with Gasteiger partial charge in [-0.1, -0.05) is 6.07 Å². The van der Waals surface area contributed by atoms with Crippen molar-refractivity contribution in [3.05, 3.63) is 22.4 Å². The molecule has 1 aromatic rings. The minimum atomic E-state index is -5.08. The molecule has 3 rings (SSSR count). The van der Waals surface area contributed by atoms with Crippen LogP contribution in [-0.2, 0) is 25.6 Å². The lowest BCUT2D eigenvalue weighted by Crippen LogP contribution is -2.43. The van der Waals surface area contributed by atoms with Crippen LogP contribution in [0, 0.1) is 0 Å². The largest absolute Gasteiger partial charge is 0.490 e. The Labute approximate surface area is 177 Å². The first-order chi connectivity index (χ1) is 14.1. The number of carboxylic acids is 1. The van der Waals surface area contributed by atoms with E-state index in [1.807, 2.05) is 11.3 Å². The van der Waals surface area contributed by atoms with Gasteiger partial charge < -0.3 is 19.5 Å². The van der Waals surface area contributed by atoms with Gasteiger partial charge in [0.1, 0.15) is 6.61 Å². The summed E-state index contributed by atoms with van der Waals surface area (Å²) in [4.78, 5) is 26.0. The lowest BCUT2D eigenvalue weighted by atomic mass is 9.99. The second-order valence-electron chi connectivity index (χ2n) is 7.39. The first-order valence-electron chi connectivity index (χ1n) is 9.57. The Bertz CT molecular complexity index is 684. The molecule has 3 heterocycles. The maximum absolute atomic E-state index is 11.5. The van der Waals surface area contributed by atoms with E-state index in [4.69, 9.17) is 19.4 Å². The number of ether oxygens (including phenoxy) is 2. The van der Waals surface area contributed by atoms with Crippen LogP contribution in [0.1, 0.15) is 24.1 Å². The zero-order valence-electron chi connectivity index (χ0n) is 16.9. The predicted octanol–water partition coefficient (Wildman–Crippen LogP) is 2.61. The third kappa shape index (κ3) is 7.53. The van der Waals surface area contributed by atoms with Crippen LogP contribution in [0.15, 0.2) is 17.5 Å². The van der Waals surface area contributed by atoms with Gasteiger partial charge in [-0.05, 0) is 30.7 Å². The van der Waals surface area contributed by atoms with Gasteiger partial charge in [-0.25, -0.2) is 4.79 Å². The lowest BCUT2D eigenvalue weighted by molar-refractivity contribution is -0.192. The number of nitrogens with zero attached hydrogens (tertiary/aromatic N) is 2. The first kappa shape index (κ1) is 24.6. The van der Waals surface area contributed by atoms with Crippen molar-refractivity contribution < 1.29 is 37.3 Å². The molecule has 1 amide bonds. The van der Waals surface area contributed by atoms with Crippen LogP contribution in [0.5, 0.6) is 0 Å². The number of hydrogen-bond donors (Lipinski definition) is 1. The molecule has 30 heavy (non-hydrogen) atoms. The molecule has 2 aliphatic heterocycles. The van der Waals surface area contributed by atoms with E-state index in [0.29, 0.717) is 18.8 Å². The van der Waals surface area contributed by atoms with Crippen LogP contribution in [-0.4, -0.2) is 85.1 Å². The Morgan fingerprint density at radius 3 is 2.60 bits per heavy atom. The maximum atomic E-state index is 11.5. The van der Waals surface area contributed by atoms with E-state index in [-0.39, 0.29) is 18.6 Å². The number of likely N-dealkylation sites (N-methyl/N-ethyl adjacent to an activating group) is 1. The molecule has 2 aliphatic rings. The predicted molar refractivity (Wildman–Crippen MR) is 104 cm³/mol. The van der Waals surface area contributed by atoms with Gasteiger partial charge in [0.25, 0.3) is 0 Å². The summed E-state index contributed by atoms with van der Waals surface area (Å²) in [7, 11) is 3.49. The minimum Gasteiger partial charge on any atom is -0.475 e. The van der Waals surface area contributed by atoms with Crippen molar-refractivity contribution in [1.82, 2.24) is 9.80 Å². The highest BCUT2D eigenvalue weighted by Crippen LogP contribution is 2.33. The van der Waals surface area contributed by atoms with Crippen molar-refractivity contribution in [3.8, 4) is 0 Å². The summed E-state index contributed by atoms with van der Waals surface area (Å²) in [6, 6.07) is 4.87. The van der Waals surface area contributed by atoms with E-state index in [0.717, 1.165) is 32.4 Å². The molecule has 1 N–H and O–H groups in total. The van der Waals surface area contributed by atoms with Gasteiger partial charge in [-0.3, -0.25) is 9.69 Å². The van der Waals surface area contributed by atoms with E-state index < -0.39 is 12.1 Å². The monoisotopic (exact) mass is 452 g/mol. The molecular weight excluding hydrogens is 425 g/mol. The fraction of sp³-hybridized carbons (Fsp3) is 0.684. The number of aliphatic carboxylic acids is 1. The number of rotatable bonds is 6. The molecule has 0 saturated carbocycles. The van der Waals surface area contributed by atoms with E-state index in [2.05, 4.69) is 22.4 Å². The number of fused-ring (bicyclic) bond motifs is 1. The number of amides is 1. The average Bonchev–Trinajstić information content (AvgIpc) is 3.31. The molecule has 170 valence electrons. The second-order valence-corrected chi connectivity index (χ2v) is 8.42. The van der Waals surface area contributed by atoms with Crippen molar-refractivity contribution in [2.75, 3.05) is 33.9 Å². The highest BCUT2D eigenvalue weighted by Gasteiger charge is 2.40. The summed E-state index contributed by atoms with van der Waals surface area (Å²) < 4.78 is 43.5. The molecule has 7 nitrogen and oxygen atoms in total. The number of alkyl halides is 3. The second kappa shape index (κ2) is 11.1. The smallest absolute Gasteiger partial charge is 0.475 e. The Kier molecular flexibility index (Phi) is 9.08. The van der Waals surface area contributed by atoms with Gasteiger partial charge >= 0.3 is 12.1 Å². The number of carbonyl (C=O) groups is 2. The SMILES string of the molecule is CN(C)C(=O)COC[C@H]1CC[C@@H]2[C@@H](CCN2Cc2cccs2)O1.O=C(O)C(F)(F)F. The van der Waals surface area contributed by atoms with Crippen molar-refractivity contribution >= 4 is 23.2 Å². The summed E-state index contributed by atoms with van der Waals surface area (Å²) in [5.41, 5.74) is 0. The molecular formula is C19H27F3N2O5S. The third-order valence-corrected chi connectivity index (χ3v) is 5.82. The fourth-order valence-corrected chi connectivity index (χ4v) is 4.14. The Morgan fingerprint density at radius 2 is 2.03 bits per heavy atom. The van der Waals surface area contributed by atoms with Gasteiger partial charge in [-0.2, -0.15) is 13.2 Å². The van der Waals surface area contributed by atoms with Gasteiger partial charge in [0.15, 0.2) is 0 Å². The van der Waals surface area contributed by atoms with Gasteiger partial charge in [-0.15, -0.1) is 11.3 Å². The highest BCUT2D eigenvalue weighted by atomic mass is 32.1. The van der Waals surface area contributed by atoms with E-state index >= 15 is 0 Å². The highest BCUT2D eigenvalue weighted by molar-refractivity contribution is 7.09. The van der Waals surface area contributed by atoms with E-state index in [9.17, 15) is 18.0 Å². The lowest BCUT2D eigenvalue weighted by Gasteiger charge is -2.35. The number of carbonyl (C=O) groups excluding carboxylic acids is 1. The number of halogens is 3. The molecule has 0 spiro atoms. The molecule has 0 aliphatic carbocycles. The summed E-state index contributed by atoms with van der Waals surface area (Å²) in [5.74, 6) is -2.76. The Balaban J connectivity index is 0.000000396. The molecule has 11 heteroatoms. The molecule has 0 aromatic carbocycles. The molecule has 0 radical (unpaired) electrons. The first-order valence-corrected chi connectivity index (χ1v) is 10.5. The zero-order chi connectivity index (χ0) is 22.3. The fourth-order valence-electron chi connectivity index (χ4n) is 3.41. The maximum Gasteiger partial charge on any atom is 0.490 e. The van der Waals surface area contributed by atoms with Crippen LogP contribution in [0.4, 0.5) is 13.2 Å². The van der Waals surface area contributed by atoms with Crippen LogP contribution < -0.4 is 0 Å². The van der Waals surface area contributed by atoms with E-state index in [1.54, 1.807) is 19.0 Å². The van der Waals surface area contributed by atoms with Crippen LogP contribution >= 0.6 is 11.3 Å². The standard InChI is InChI=1S/C17H26N2O3S.C2HF3O2/c1-18(2)17(20)12-21-11-13-5-6-15-16(22-13)7-8-19(15)10-14-4-3-9-23-14;3-2(4,5)1(6)7/h3-4,9,13,15-16H,5-8,10-12H2,1-2H3;(H,6,7)/t13-,15-,16-;/m1./s1. The summed E-state index contributed by atoms with van der Waals surface area (Å²) in [5, 5.41) is 9.27. The summed E-state index contributed by atoms with van der Waals surface area (Å²) in [6.45, 7) is 2.82. The van der Waals surface area contributed by atoms with Crippen molar-refractivity contribution in [3.63, 3.8) is 0 Å². The minimum absolute atomic E-state index is 0.00155. The Hall–Kier alpha value is -1.69. The van der Waals surface area contributed by atoms with E-state index in [1.165, 1.54) is 4.88 Å². The van der Waals surface area contributed by atoms with Crippen LogP contribution in [0.3, 0.4) is 0 Å². The molecule has 3 atom stereocenters. The van der Waals surface area contributed by atoms with Crippen LogP contribution in [0.2, 0.25) is 0 Å². The number of likely N-dealkylation sites (tertiary alicyclic amines) is 1. The van der Waals surface area contributed by atoms with Crippen molar-refractivity contribution in [2.24, 2.45) is 0 Å². The van der Waals surface area contributed by atoms with Crippen LogP contribution in [0.25, 0.3) is 0 Å². The molecule has 2 fully saturated rings. The number of carboxylic acid groups (broad SMARTS) is 1.